The predicted octanol–water partition coefficient (Wildman–Crippen LogP) is 0.899. The Labute approximate surface area is 104 Å². The van der Waals surface area contributed by atoms with Gasteiger partial charge in [-0.05, 0) is 44.2 Å². The summed E-state index contributed by atoms with van der Waals surface area (Å²) in [6.07, 6.45) is 3.11. The Morgan fingerprint density at radius 3 is 2.65 bits per heavy atom. The quantitative estimate of drug-likeness (QED) is 0.648. The van der Waals surface area contributed by atoms with Gasteiger partial charge in [0.1, 0.15) is 0 Å². The molecule has 0 aliphatic carbocycles. The number of hydrogen-bond acceptors (Lipinski definition) is 3. The highest BCUT2D eigenvalue weighted by atomic mass is 16.3. The fourth-order valence-electron chi connectivity index (χ4n) is 2.28. The van der Waals surface area contributed by atoms with Crippen LogP contribution < -0.4 is 10.6 Å². The number of carbonyl (C=O) groups excluding carboxylic acids is 1. The number of carbonyl (C=O) groups is 1. The molecule has 1 saturated heterocycles. The molecule has 1 fully saturated rings. The molecule has 0 saturated carbocycles. The molecule has 1 amide bonds. The lowest BCUT2D eigenvalue weighted by molar-refractivity contribution is -0.122. The molecule has 0 radical (unpaired) electrons. The first-order valence-corrected chi connectivity index (χ1v) is 6.73. The van der Waals surface area contributed by atoms with Gasteiger partial charge < -0.3 is 15.7 Å². The molecule has 4 heteroatoms. The third-order valence-corrected chi connectivity index (χ3v) is 3.21. The maximum Gasteiger partial charge on any atom is 0.220 e. The number of rotatable bonds is 6. The van der Waals surface area contributed by atoms with Gasteiger partial charge in [0.05, 0.1) is 6.10 Å². The maximum absolute atomic E-state index is 11.7. The van der Waals surface area contributed by atoms with E-state index < -0.39 is 6.10 Å². The molecule has 0 aromatic carbocycles. The van der Waals surface area contributed by atoms with Gasteiger partial charge in [0, 0.05) is 13.0 Å². The number of aliphatic hydroxyl groups is 1. The third kappa shape index (κ3) is 6.64. The number of aliphatic hydroxyl groups excluding tert-OH is 1. The minimum atomic E-state index is -0.410. The van der Waals surface area contributed by atoms with Crippen molar-refractivity contribution in [2.45, 2.75) is 45.6 Å². The van der Waals surface area contributed by atoms with Crippen LogP contribution in [-0.4, -0.2) is 36.8 Å². The summed E-state index contributed by atoms with van der Waals surface area (Å²) >= 11 is 0. The highest BCUT2D eigenvalue weighted by Crippen LogP contribution is 2.15. The fraction of sp³-hybridized carbons (Fsp3) is 0.923. The highest BCUT2D eigenvalue weighted by molar-refractivity contribution is 5.76. The van der Waals surface area contributed by atoms with E-state index in [1.54, 1.807) is 0 Å². The minimum Gasteiger partial charge on any atom is -0.391 e. The zero-order valence-electron chi connectivity index (χ0n) is 11.0. The zero-order chi connectivity index (χ0) is 12.7. The van der Waals surface area contributed by atoms with Crippen LogP contribution in [0.2, 0.25) is 0 Å². The Morgan fingerprint density at radius 2 is 2.06 bits per heavy atom. The van der Waals surface area contributed by atoms with E-state index in [1.165, 1.54) is 0 Å². The summed E-state index contributed by atoms with van der Waals surface area (Å²) in [7, 11) is 0. The smallest absolute Gasteiger partial charge is 0.220 e. The van der Waals surface area contributed by atoms with E-state index in [1.807, 2.05) is 0 Å². The van der Waals surface area contributed by atoms with Crippen molar-refractivity contribution < 1.29 is 9.90 Å². The second-order valence-electron chi connectivity index (χ2n) is 5.48. The molecular weight excluding hydrogens is 216 g/mol. The maximum atomic E-state index is 11.7. The fourth-order valence-corrected chi connectivity index (χ4v) is 2.28. The second kappa shape index (κ2) is 7.67. The summed E-state index contributed by atoms with van der Waals surface area (Å²) in [5.41, 5.74) is 0. The first-order chi connectivity index (χ1) is 8.08. The van der Waals surface area contributed by atoms with Crippen molar-refractivity contribution in [2.75, 3.05) is 19.6 Å². The first-order valence-electron chi connectivity index (χ1n) is 6.73. The minimum absolute atomic E-state index is 0.0831. The van der Waals surface area contributed by atoms with Crippen LogP contribution in [0.5, 0.6) is 0 Å². The van der Waals surface area contributed by atoms with Crippen LogP contribution in [0, 0.1) is 11.8 Å². The molecule has 1 atom stereocenters. The lowest BCUT2D eigenvalue weighted by Crippen LogP contribution is -2.36. The molecule has 0 aromatic heterocycles. The van der Waals surface area contributed by atoms with Crippen LogP contribution in [0.1, 0.15) is 39.5 Å². The van der Waals surface area contributed by atoms with Gasteiger partial charge in [-0.25, -0.2) is 0 Å². The van der Waals surface area contributed by atoms with E-state index in [9.17, 15) is 9.90 Å². The molecule has 1 aliphatic rings. The van der Waals surface area contributed by atoms with Gasteiger partial charge in [-0.2, -0.15) is 0 Å². The normalized spacial score (nSPS) is 19.3. The average molecular weight is 242 g/mol. The van der Waals surface area contributed by atoms with Gasteiger partial charge in [0.25, 0.3) is 0 Å². The number of hydrogen-bond donors (Lipinski definition) is 3. The van der Waals surface area contributed by atoms with Gasteiger partial charge in [-0.1, -0.05) is 13.8 Å². The van der Waals surface area contributed by atoms with E-state index in [-0.39, 0.29) is 5.91 Å². The Hall–Kier alpha value is -0.610. The van der Waals surface area contributed by atoms with Gasteiger partial charge >= 0.3 is 0 Å². The SMILES string of the molecule is CC(C)CC(O)CNC(=O)CC1CCNCC1. The molecule has 1 heterocycles. The van der Waals surface area contributed by atoms with Gasteiger partial charge in [-0.15, -0.1) is 0 Å². The van der Waals surface area contributed by atoms with Crippen molar-refractivity contribution in [1.29, 1.82) is 0 Å². The molecule has 0 aromatic rings. The molecular formula is C13H26N2O2. The van der Waals surface area contributed by atoms with E-state index in [2.05, 4.69) is 24.5 Å². The number of nitrogens with one attached hydrogen (secondary N) is 2. The summed E-state index contributed by atoms with van der Waals surface area (Å²) in [5, 5.41) is 15.8. The van der Waals surface area contributed by atoms with Gasteiger partial charge in [0.2, 0.25) is 5.91 Å². The summed E-state index contributed by atoms with van der Waals surface area (Å²) in [4.78, 5) is 11.7. The molecule has 3 N–H and O–H groups in total. The van der Waals surface area contributed by atoms with Gasteiger partial charge in [-0.3, -0.25) is 4.79 Å². The Balaban J connectivity index is 2.11. The molecule has 4 nitrogen and oxygen atoms in total. The summed E-state index contributed by atoms with van der Waals surface area (Å²) in [6, 6.07) is 0. The first kappa shape index (κ1) is 14.5. The molecule has 17 heavy (non-hydrogen) atoms. The standard InChI is InChI=1S/C13H26N2O2/c1-10(2)7-12(16)9-15-13(17)8-11-3-5-14-6-4-11/h10-12,14,16H,3-9H2,1-2H3,(H,15,17). The topological polar surface area (TPSA) is 61.4 Å². The summed E-state index contributed by atoms with van der Waals surface area (Å²) in [5.74, 6) is 1.06. The molecule has 1 rings (SSSR count). The molecule has 1 aliphatic heterocycles. The Kier molecular flexibility index (Phi) is 6.52. The van der Waals surface area contributed by atoms with E-state index in [4.69, 9.17) is 0 Å². The van der Waals surface area contributed by atoms with E-state index >= 15 is 0 Å². The van der Waals surface area contributed by atoms with Crippen LogP contribution in [-0.2, 0) is 4.79 Å². The lowest BCUT2D eigenvalue weighted by atomic mass is 9.94. The zero-order valence-corrected chi connectivity index (χ0v) is 11.0. The van der Waals surface area contributed by atoms with E-state index in [0.29, 0.717) is 24.8 Å². The predicted molar refractivity (Wildman–Crippen MR) is 68.7 cm³/mol. The highest BCUT2D eigenvalue weighted by Gasteiger charge is 2.17. The Morgan fingerprint density at radius 1 is 1.41 bits per heavy atom. The number of piperidine rings is 1. The van der Waals surface area contributed by atoms with Crippen molar-refractivity contribution in [3.8, 4) is 0 Å². The van der Waals surface area contributed by atoms with Crippen molar-refractivity contribution >= 4 is 5.91 Å². The van der Waals surface area contributed by atoms with E-state index in [0.717, 1.165) is 32.4 Å². The van der Waals surface area contributed by atoms with Crippen LogP contribution in [0.15, 0.2) is 0 Å². The molecule has 0 bridgehead atoms. The second-order valence-corrected chi connectivity index (χ2v) is 5.48. The lowest BCUT2D eigenvalue weighted by Gasteiger charge is -2.22. The van der Waals surface area contributed by atoms with Crippen molar-refractivity contribution in [1.82, 2.24) is 10.6 Å². The van der Waals surface area contributed by atoms with Crippen LogP contribution in [0.4, 0.5) is 0 Å². The molecule has 0 spiro atoms. The summed E-state index contributed by atoms with van der Waals surface area (Å²) < 4.78 is 0. The molecule has 100 valence electrons. The monoisotopic (exact) mass is 242 g/mol. The third-order valence-electron chi connectivity index (χ3n) is 3.21. The number of amides is 1. The Bertz CT molecular complexity index is 225. The average Bonchev–Trinajstić information content (AvgIpc) is 2.27. The van der Waals surface area contributed by atoms with Gasteiger partial charge in [0.15, 0.2) is 0 Å². The van der Waals surface area contributed by atoms with Crippen LogP contribution >= 0.6 is 0 Å². The van der Waals surface area contributed by atoms with Crippen molar-refractivity contribution in [2.24, 2.45) is 11.8 Å². The van der Waals surface area contributed by atoms with Crippen molar-refractivity contribution in [3.05, 3.63) is 0 Å². The molecule has 1 unspecified atom stereocenters. The van der Waals surface area contributed by atoms with Crippen LogP contribution in [0.3, 0.4) is 0 Å². The van der Waals surface area contributed by atoms with Crippen LogP contribution in [0.25, 0.3) is 0 Å². The van der Waals surface area contributed by atoms with Crippen molar-refractivity contribution in [3.63, 3.8) is 0 Å². The largest absolute Gasteiger partial charge is 0.391 e. The summed E-state index contributed by atoms with van der Waals surface area (Å²) in [6.45, 7) is 6.57.